The standard InChI is InChI=1S/C18H22F3N5S.HI/c1-22-17(23-11-16-25-15(12-27-16)18(19,20)21)24-13-7-9-26(10-8-13)14-5-3-2-4-6-14;/h2-6,12-13H,7-11H2,1H3,(H2,22,23,24);1H. The number of hydrogen-bond acceptors (Lipinski definition) is 4. The van der Waals surface area contributed by atoms with Gasteiger partial charge >= 0.3 is 6.18 Å². The van der Waals surface area contributed by atoms with Crippen molar-refractivity contribution in [2.75, 3.05) is 25.0 Å². The molecule has 2 heterocycles. The van der Waals surface area contributed by atoms with E-state index >= 15 is 0 Å². The molecule has 0 aliphatic carbocycles. The Bertz CT molecular complexity index is 758. The topological polar surface area (TPSA) is 52.6 Å². The molecule has 0 saturated carbocycles. The smallest absolute Gasteiger partial charge is 0.371 e. The fourth-order valence-corrected chi connectivity index (χ4v) is 3.73. The van der Waals surface area contributed by atoms with E-state index < -0.39 is 11.9 Å². The zero-order chi connectivity index (χ0) is 19.3. The van der Waals surface area contributed by atoms with Gasteiger partial charge in [0.25, 0.3) is 0 Å². The summed E-state index contributed by atoms with van der Waals surface area (Å²) >= 11 is 0.990. The SMILES string of the molecule is CN=C(NCc1nc(C(F)(F)F)cs1)NC1CCN(c2ccccc2)CC1.I. The molecule has 1 aromatic carbocycles. The monoisotopic (exact) mass is 525 g/mol. The maximum absolute atomic E-state index is 12.6. The predicted octanol–water partition coefficient (Wildman–Crippen LogP) is 4.11. The van der Waals surface area contributed by atoms with Crippen molar-refractivity contribution < 1.29 is 13.2 Å². The van der Waals surface area contributed by atoms with Crippen LogP contribution in [0.1, 0.15) is 23.5 Å². The van der Waals surface area contributed by atoms with Crippen LogP contribution in [0.4, 0.5) is 18.9 Å². The molecule has 154 valence electrons. The fourth-order valence-electron chi connectivity index (χ4n) is 2.99. The number of alkyl halides is 3. The lowest BCUT2D eigenvalue weighted by molar-refractivity contribution is -0.140. The van der Waals surface area contributed by atoms with Gasteiger partial charge in [-0.05, 0) is 25.0 Å². The second kappa shape index (κ2) is 10.3. The lowest BCUT2D eigenvalue weighted by atomic mass is 10.0. The van der Waals surface area contributed by atoms with Gasteiger partial charge in [0.05, 0.1) is 6.54 Å². The van der Waals surface area contributed by atoms with Gasteiger partial charge in [-0.25, -0.2) is 4.98 Å². The van der Waals surface area contributed by atoms with Gasteiger partial charge in [0, 0.05) is 37.2 Å². The molecule has 0 atom stereocenters. The maximum Gasteiger partial charge on any atom is 0.434 e. The Kier molecular flexibility index (Phi) is 8.35. The van der Waals surface area contributed by atoms with E-state index in [0.29, 0.717) is 11.0 Å². The molecule has 1 aliphatic rings. The maximum atomic E-state index is 12.6. The normalized spacial score (nSPS) is 15.9. The summed E-state index contributed by atoms with van der Waals surface area (Å²) in [5, 5.41) is 7.81. The number of aliphatic imine (C=N–C) groups is 1. The summed E-state index contributed by atoms with van der Waals surface area (Å²) in [5.41, 5.74) is 0.378. The largest absolute Gasteiger partial charge is 0.434 e. The van der Waals surface area contributed by atoms with Gasteiger partial charge in [-0.1, -0.05) is 18.2 Å². The van der Waals surface area contributed by atoms with Crippen molar-refractivity contribution in [3.63, 3.8) is 0 Å². The molecule has 5 nitrogen and oxygen atoms in total. The van der Waals surface area contributed by atoms with Gasteiger partial charge in [-0.3, -0.25) is 4.99 Å². The van der Waals surface area contributed by atoms with E-state index in [-0.39, 0.29) is 36.6 Å². The number of benzene rings is 1. The minimum atomic E-state index is -4.40. The van der Waals surface area contributed by atoms with Crippen LogP contribution >= 0.6 is 35.3 Å². The van der Waals surface area contributed by atoms with E-state index in [1.165, 1.54) is 5.69 Å². The van der Waals surface area contributed by atoms with Crippen LogP contribution in [0.25, 0.3) is 0 Å². The van der Waals surface area contributed by atoms with E-state index in [1.54, 1.807) is 7.05 Å². The summed E-state index contributed by atoms with van der Waals surface area (Å²) < 4.78 is 37.8. The first-order valence-electron chi connectivity index (χ1n) is 8.74. The minimum Gasteiger partial charge on any atom is -0.371 e. The van der Waals surface area contributed by atoms with Crippen molar-refractivity contribution in [3.05, 3.63) is 46.4 Å². The van der Waals surface area contributed by atoms with E-state index in [0.717, 1.165) is 42.6 Å². The number of halogens is 4. The van der Waals surface area contributed by atoms with Crippen LogP contribution in [-0.2, 0) is 12.7 Å². The number of nitrogens with zero attached hydrogens (tertiary/aromatic N) is 3. The Morgan fingerprint density at radius 2 is 1.93 bits per heavy atom. The Balaban J connectivity index is 0.00000280. The highest BCUT2D eigenvalue weighted by molar-refractivity contribution is 14.0. The molecule has 1 fully saturated rings. The summed E-state index contributed by atoms with van der Waals surface area (Å²) in [6.07, 6.45) is -2.47. The molecule has 2 N–H and O–H groups in total. The number of hydrogen-bond donors (Lipinski definition) is 2. The second-order valence-electron chi connectivity index (χ2n) is 6.29. The van der Waals surface area contributed by atoms with Crippen molar-refractivity contribution >= 4 is 47.0 Å². The molecule has 2 aromatic rings. The molecule has 0 spiro atoms. The summed E-state index contributed by atoms with van der Waals surface area (Å²) in [4.78, 5) is 10.1. The van der Waals surface area contributed by atoms with Crippen LogP contribution in [-0.4, -0.2) is 37.1 Å². The van der Waals surface area contributed by atoms with Crippen molar-refractivity contribution in [2.24, 2.45) is 4.99 Å². The number of guanidine groups is 1. The van der Waals surface area contributed by atoms with E-state index in [2.05, 4.69) is 37.6 Å². The highest BCUT2D eigenvalue weighted by Gasteiger charge is 2.33. The van der Waals surface area contributed by atoms with E-state index in [9.17, 15) is 13.2 Å². The number of nitrogens with one attached hydrogen (secondary N) is 2. The van der Waals surface area contributed by atoms with Gasteiger partial charge in [-0.2, -0.15) is 13.2 Å². The van der Waals surface area contributed by atoms with Crippen molar-refractivity contribution in [3.8, 4) is 0 Å². The lowest BCUT2D eigenvalue weighted by Crippen LogP contribution is -2.48. The highest BCUT2D eigenvalue weighted by Crippen LogP contribution is 2.29. The molecule has 0 unspecified atom stereocenters. The second-order valence-corrected chi connectivity index (χ2v) is 7.23. The number of rotatable bonds is 4. The van der Waals surface area contributed by atoms with Crippen LogP contribution < -0.4 is 15.5 Å². The summed E-state index contributed by atoms with van der Waals surface area (Å²) in [7, 11) is 1.65. The Morgan fingerprint density at radius 1 is 1.25 bits per heavy atom. The summed E-state index contributed by atoms with van der Waals surface area (Å²) in [5.74, 6) is 0.580. The number of thiazole rings is 1. The number of aromatic nitrogens is 1. The molecule has 0 bridgehead atoms. The van der Waals surface area contributed by atoms with Gasteiger partial charge in [0.2, 0.25) is 0 Å². The first-order valence-corrected chi connectivity index (χ1v) is 9.62. The van der Waals surface area contributed by atoms with Crippen LogP contribution in [0.3, 0.4) is 0 Å². The van der Waals surface area contributed by atoms with Crippen LogP contribution in [0, 0.1) is 0 Å². The highest BCUT2D eigenvalue weighted by atomic mass is 127. The average Bonchev–Trinajstić information content (AvgIpc) is 3.16. The Labute approximate surface area is 183 Å². The van der Waals surface area contributed by atoms with E-state index in [4.69, 9.17) is 0 Å². The summed E-state index contributed by atoms with van der Waals surface area (Å²) in [6.45, 7) is 2.10. The minimum absolute atomic E-state index is 0. The number of anilines is 1. The van der Waals surface area contributed by atoms with E-state index in [1.807, 2.05) is 18.2 Å². The summed E-state index contributed by atoms with van der Waals surface area (Å²) in [6, 6.07) is 10.6. The van der Waals surface area contributed by atoms with Crippen molar-refractivity contribution in [2.45, 2.75) is 31.6 Å². The lowest BCUT2D eigenvalue weighted by Gasteiger charge is -2.34. The van der Waals surface area contributed by atoms with Gasteiger partial charge in [-0.15, -0.1) is 35.3 Å². The first kappa shape index (κ1) is 22.7. The van der Waals surface area contributed by atoms with Crippen LogP contribution in [0.5, 0.6) is 0 Å². The molecule has 1 saturated heterocycles. The molecule has 0 radical (unpaired) electrons. The molecule has 1 aliphatic heterocycles. The molecule has 3 rings (SSSR count). The zero-order valence-corrected chi connectivity index (χ0v) is 18.5. The quantitative estimate of drug-likeness (QED) is 0.359. The molecular weight excluding hydrogens is 502 g/mol. The Morgan fingerprint density at radius 3 is 2.50 bits per heavy atom. The molecule has 10 heteroatoms. The van der Waals surface area contributed by atoms with Crippen LogP contribution in [0.15, 0.2) is 40.7 Å². The molecule has 28 heavy (non-hydrogen) atoms. The van der Waals surface area contributed by atoms with Gasteiger partial charge < -0.3 is 15.5 Å². The molecule has 1 aromatic heterocycles. The third-order valence-corrected chi connectivity index (χ3v) is 5.28. The van der Waals surface area contributed by atoms with Crippen molar-refractivity contribution in [1.29, 1.82) is 0 Å². The molecular formula is C18H23F3IN5S. The van der Waals surface area contributed by atoms with Gasteiger partial charge in [0.15, 0.2) is 11.7 Å². The zero-order valence-electron chi connectivity index (χ0n) is 15.4. The number of piperidine rings is 1. The van der Waals surface area contributed by atoms with Crippen molar-refractivity contribution in [1.82, 2.24) is 15.6 Å². The number of para-hydroxylation sites is 1. The predicted molar refractivity (Wildman–Crippen MR) is 118 cm³/mol. The third kappa shape index (κ3) is 6.23. The van der Waals surface area contributed by atoms with Gasteiger partial charge in [0.1, 0.15) is 5.01 Å². The van der Waals surface area contributed by atoms with Crippen LogP contribution in [0.2, 0.25) is 0 Å². The Hall–Kier alpha value is -1.56. The average molecular weight is 525 g/mol. The fraction of sp³-hybridized carbons (Fsp3) is 0.444. The third-order valence-electron chi connectivity index (χ3n) is 4.43. The molecule has 0 amide bonds. The first-order chi connectivity index (χ1) is 13.0.